The predicted octanol–water partition coefficient (Wildman–Crippen LogP) is -5.14. The van der Waals surface area contributed by atoms with Crippen molar-refractivity contribution in [3.8, 4) is 0 Å². The van der Waals surface area contributed by atoms with Crippen molar-refractivity contribution in [2.24, 2.45) is 0 Å². The molecule has 0 fully saturated rings. The molecule has 0 radical (unpaired) electrons. The third kappa shape index (κ3) is 83.3. The van der Waals surface area contributed by atoms with E-state index in [0.29, 0.717) is 0 Å². The molecule has 0 aliphatic heterocycles. The van der Waals surface area contributed by atoms with Crippen LogP contribution in [0.1, 0.15) is 53.4 Å². The van der Waals surface area contributed by atoms with Crippen molar-refractivity contribution in [1.82, 2.24) is 0 Å². The Bertz CT molecular complexity index is 447. The zero-order valence-electron chi connectivity index (χ0n) is 17.1. The Labute approximate surface area is 197 Å². The van der Waals surface area contributed by atoms with E-state index in [1.165, 1.54) is 27.7 Å². The molecule has 30 heavy (non-hydrogen) atoms. The zero-order valence-corrected chi connectivity index (χ0v) is 23.1. The summed E-state index contributed by atoms with van der Waals surface area (Å²) in [7, 11) is 0. The van der Waals surface area contributed by atoms with E-state index in [1.54, 1.807) is 0 Å². The van der Waals surface area contributed by atoms with Crippen LogP contribution < -0.4 is 20.4 Å². The molecule has 14 heteroatoms. The molecule has 0 unspecified atom stereocenters. The molecule has 160 valence electrons. The average Bonchev–Trinajstić information content (AvgIpc) is 2.32. The summed E-state index contributed by atoms with van der Waals surface area (Å²) in [4.78, 5) is 77.2. The number of hydrogen-bond acceptors (Lipinski definition) is 12. The maximum Gasteiger partial charge on any atom is 2.00 e. The number of carboxylic acid groups (broad SMARTS) is 4. The van der Waals surface area contributed by atoms with Crippen LogP contribution in [0.25, 0.3) is 0 Å². The third-order valence-corrected chi connectivity index (χ3v) is 1.57. The fourth-order valence-corrected chi connectivity index (χ4v) is 0.813. The summed E-state index contributed by atoms with van der Waals surface area (Å²) in [5.74, 6) is -6.75. The van der Waals surface area contributed by atoms with Gasteiger partial charge in [0.1, 0.15) is 23.1 Å². The summed E-state index contributed by atoms with van der Waals surface area (Å²) < 4.78 is 0. The van der Waals surface area contributed by atoms with Crippen LogP contribution in [0.3, 0.4) is 0 Å². The Kier molecular flexibility index (Phi) is 37.5. The maximum absolute atomic E-state index is 9.83. The van der Waals surface area contributed by atoms with Crippen LogP contribution in [-0.2, 0) is 77.3 Å². The molecule has 0 saturated heterocycles. The Balaban J connectivity index is -0.0000000626. The second-order valence-corrected chi connectivity index (χ2v) is 5.00. The van der Waals surface area contributed by atoms with Crippen LogP contribution >= 0.6 is 0 Å². The first-order chi connectivity index (χ1) is 12.5. The van der Waals surface area contributed by atoms with Crippen molar-refractivity contribution in [1.29, 1.82) is 0 Å². The van der Waals surface area contributed by atoms with Gasteiger partial charge in [-0.05, 0) is 27.7 Å². The molecule has 0 saturated carbocycles. The van der Waals surface area contributed by atoms with Crippen LogP contribution in [0.15, 0.2) is 0 Å². The molecule has 0 aromatic rings. The minimum Gasteiger partial charge on any atom is -0.550 e. The number of carbonyl (C=O) groups excluding carboxylic acids is 8. The number of aliphatic carboxylic acids is 4. The Hall–Kier alpha value is -2.19. The smallest absolute Gasteiger partial charge is 0.550 e. The SMILES string of the molecule is CC(=O)CC(=O)[O-].CC(=O)CC(=O)[O-].CC(=O)CC(=O)[O-].CC(=O)CC(=O)[O-].[Zn+2].[Zn+2]. The first-order valence-corrected chi connectivity index (χ1v) is 7.28. The topological polar surface area (TPSA) is 229 Å². The van der Waals surface area contributed by atoms with Gasteiger partial charge in [0, 0.05) is 49.6 Å². The maximum atomic E-state index is 9.83. The van der Waals surface area contributed by atoms with Gasteiger partial charge in [-0.2, -0.15) is 0 Å². The number of Topliss-reactive ketones (excluding diaryl/α,β-unsaturated/α-hetero) is 4. The molecule has 0 heterocycles. The number of rotatable bonds is 8. The summed E-state index contributed by atoms with van der Waals surface area (Å²) in [5, 5.41) is 37.9. The van der Waals surface area contributed by atoms with Gasteiger partial charge in [0.2, 0.25) is 0 Å². The molecule has 0 bridgehead atoms. The minimum atomic E-state index is -1.31. The molecule has 12 nitrogen and oxygen atoms in total. The van der Waals surface area contributed by atoms with Gasteiger partial charge < -0.3 is 39.6 Å². The van der Waals surface area contributed by atoms with E-state index >= 15 is 0 Å². The van der Waals surface area contributed by atoms with Crippen LogP contribution in [0, 0.1) is 0 Å². The molecule has 0 aliphatic carbocycles. The first kappa shape index (κ1) is 42.0. The summed E-state index contributed by atoms with van der Waals surface area (Å²) in [6.07, 6.45) is -1.89. The summed E-state index contributed by atoms with van der Waals surface area (Å²) in [6, 6.07) is 0. The summed E-state index contributed by atoms with van der Waals surface area (Å²) in [6.45, 7) is 4.82. The van der Waals surface area contributed by atoms with Crippen LogP contribution in [0.4, 0.5) is 0 Å². The summed E-state index contributed by atoms with van der Waals surface area (Å²) >= 11 is 0. The van der Waals surface area contributed by atoms with E-state index in [1.807, 2.05) is 0 Å². The van der Waals surface area contributed by atoms with Gasteiger partial charge in [-0.15, -0.1) is 0 Å². The van der Waals surface area contributed by atoms with E-state index in [4.69, 9.17) is 0 Å². The van der Waals surface area contributed by atoms with Crippen LogP contribution in [0.5, 0.6) is 0 Å². The van der Waals surface area contributed by atoms with Gasteiger partial charge in [-0.3, -0.25) is 19.2 Å². The van der Waals surface area contributed by atoms with E-state index in [9.17, 15) is 58.8 Å². The van der Waals surface area contributed by atoms with Crippen molar-refractivity contribution in [2.75, 3.05) is 0 Å². The molecule has 0 aromatic heterocycles. The predicted molar refractivity (Wildman–Crippen MR) is 81.2 cm³/mol. The number of carboxylic acids is 4. The van der Waals surface area contributed by atoms with Crippen molar-refractivity contribution >= 4 is 47.0 Å². The van der Waals surface area contributed by atoms with Gasteiger partial charge in [0.25, 0.3) is 0 Å². The normalized spacial score (nSPS) is 7.60. The second kappa shape index (κ2) is 26.8. The van der Waals surface area contributed by atoms with Gasteiger partial charge in [-0.25, -0.2) is 0 Å². The number of ketones is 4. The van der Waals surface area contributed by atoms with E-state index in [0.717, 1.165) is 0 Å². The van der Waals surface area contributed by atoms with Gasteiger partial charge in [0.15, 0.2) is 0 Å². The minimum absolute atomic E-state index is 0. The molecule has 0 amide bonds. The quantitative estimate of drug-likeness (QED) is 0.210. The van der Waals surface area contributed by atoms with Crippen LogP contribution in [0.2, 0.25) is 0 Å². The Morgan fingerprint density at radius 2 is 0.500 bits per heavy atom. The Morgan fingerprint density at radius 1 is 0.400 bits per heavy atom. The van der Waals surface area contributed by atoms with E-state index < -0.39 is 49.6 Å². The first-order valence-electron chi connectivity index (χ1n) is 7.28. The number of hydrogen-bond donors (Lipinski definition) is 0. The molecule has 0 aromatic carbocycles. The Morgan fingerprint density at radius 3 is 0.500 bits per heavy atom. The van der Waals surface area contributed by atoms with Crippen LogP contribution in [-0.4, -0.2) is 47.0 Å². The van der Waals surface area contributed by atoms with Gasteiger partial charge in [0.05, 0.1) is 0 Å². The molecule has 0 aliphatic rings. The van der Waals surface area contributed by atoms with Crippen molar-refractivity contribution in [2.45, 2.75) is 53.4 Å². The zero-order chi connectivity index (χ0) is 23.4. The monoisotopic (exact) mass is 532 g/mol. The molecule has 0 spiro atoms. The van der Waals surface area contributed by atoms with Crippen molar-refractivity contribution < 1.29 is 97.7 Å². The van der Waals surface area contributed by atoms with Gasteiger partial charge >= 0.3 is 39.0 Å². The van der Waals surface area contributed by atoms with E-state index in [-0.39, 0.29) is 62.1 Å². The molecular formula is C16H20O12Zn2. The molecule has 0 rings (SSSR count). The largest absolute Gasteiger partial charge is 2.00 e. The van der Waals surface area contributed by atoms with Gasteiger partial charge in [-0.1, -0.05) is 0 Å². The van der Waals surface area contributed by atoms with Crippen molar-refractivity contribution in [3.05, 3.63) is 0 Å². The third-order valence-electron chi connectivity index (χ3n) is 1.57. The van der Waals surface area contributed by atoms with E-state index in [2.05, 4.69) is 0 Å². The second-order valence-electron chi connectivity index (χ2n) is 5.00. The summed E-state index contributed by atoms with van der Waals surface area (Å²) in [5.41, 5.74) is 0. The average molecular weight is 535 g/mol. The van der Waals surface area contributed by atoms with Crippen molar-refractivity contribution in [3.63, 3.8) is 0 Å². The number of carbonyl (C=O) groups is 8. The molecule has 0 atom stereocenters. The fraction of sp³-hybridized carbons (Fsp3) is 0.500. The molecule has 0 N–H and O–H groups in total. The fourth-order valence-electron chi connectivity index (χ4n) is 0.813. The molecular weight excluding hydrogens is 515 g/mol. The standard InChI is InChI=1S/4C4H6O3.2Zn/c4*1-3(5)2-4(6)7;;/h4*2H2,1H3,(H,6,7);;/q;;;;2*+2/p-4.